The third-order valence-electron chi connectivity index (χ3n) is 2.94. The van der Waals surface area contributed by atoms with Gasteiger partial charge in [0.05, 0.1) is 6.54 Å². The van der Waals surface area contributed by atoms with Gasteiger partial charge in [-0.1, -0.05) is 18.2 Å². The molecule has 82 valence electrons. The predicted octanol–water partition coefficient (Wildman–Crippen LogP) is 1.14. The van der Waals surface area contributed by atoms with E-state index in [0.717, 1.165) is 10.9 Å². The topological polar surface area (TPSA) is 57.2 Å². The van der Waals surface area contributed by atoms with Gasteiger partial charge in [0.15, 0.2) is 0 Å². The van der Waals surface area contributed by atoms with Crippen molar-refractivity contribution in [1.82, 2.24) is 4.57 Å². The Morgan fingerprint density at radius 1 is 1.44 bits per heavy atom. The SMILES string of the molecule is NCC1Cn2c(cc3ccccc32)C(=O)O1. The number of ether oxygens (including phenoxy) is 1. The number of carbonyl (C=O) groups excluding carboxylic acids is 1. The summed E-state index contributed by atoms with van der Waals surface area (Å²) in [4.78, 5) is 11.7. The lowest BCUT2D eigenvalue weighted by Gasteiger charge is -2.23. The molecule has 4 nitrogen and oxygen atoms in total. The average Bonchev–Trinajstić information content (AvgIpc) is 2.68. The Morgan fingerprint density at radius 3 is 3.06 bits per heavy atom. The molecule has 3 rings (SSSR count). The monoisotopic (exact) mass is 216 g/mol. The molecule has 0 bridgehead atoms. The zero-order valence-corrected chi connectivity index (χ0v) is 8.72. The van der Waals surface area contributed by atoms with Gasteiger partial charge < -0.3 is 15.0 Å². The summed E-state index contributed by atoms with van der Waals surface area (Å²) in [6.45, 7) is 1.00. The smallest absolute Gasteiger partial charge is 0.355 e. The molecule has 16 heavy (non-hydrogen) atoms. The summed E-state index contributed by atoms with van der Waals surface area (Å²) in [5.41, 5.74) is 7.22. The highest BCUT2D eigenvalue weighted by Gasteiger charge is 2.26. The van der Waals surface area contributed by atoms with E-state index < -0.39 is 0 Å². The van der Waals surface area contributed by atoms with E-state index in [1.807, 2.05) is 34.9 Å². The normalized spacial score (nSPS) is 19.6. The zero-order chi connectivity index (χ0) is 11.1. The van der Waals surface area contributed by atoms with Crippen molar-refractivity contribution >= 4 is 16.9 Å². The minimum atomic E-state index is -0.280. The van der Waals surface area contributed by atoms with E-state index in [2.05, 4.69) is 0 Å². The lowest BCUT2D eigenvalue weighted by Crippen LogP contribution is -2.36. The summed E-state index contributed by atoms with van der Waals surface area (Å²) in [6, 6.07) is 9.79. The molecule has 2 heterocycles. The molecule has 1 aliphatic rings. The minimum Gasteiger partial charge on any atom is -0.454 e. The summed E-state index contributed by atoms with van der Waals surface area (Å²) in [5, 5.41) is 1.06. The molecule has 1 aromatic heterocycles. The van der Waals surface area contributed by atoms with Crippen LogP contribution in [0.1, 0.15) is 10.5 Å². The summed E-state index contributed by atoms with van der Waals surface area (Å²) >= 11 is 0. The molecule has 1 aliphatic heterocycles. The Morgan fingerprint density at radius 2 is 2.25 bits per heavy atom. The maximum absolute atomic E-state index is 11.7. The fourth-order valence-electron chi connectivity index (χ4n) is 2.15. The van der Waals surface area contributed by atoms with Crippen LogP contribution in [0.2, 0.25) is 0 Å². The molecule has 1 atom stereocenters. The van der Waals surface area contributed by atoms with Crippen molar-refractivity contribution in [3.63, 3.8) is 0 Å². The van der Waals surface area contributed by atoms with Crippen molar-refractivity contribution in [3.05, 3.63) is 36.0 Å². The van der Waals surface area contributed by atoms with Crippen molar-refractivity contribution in [3.8, 4) is 0 Å². The van der Waals surface area contributed by atoms with E-state index in [9.17, 15) is 4.79 Å². The largest absolute Gasteiger partial charge is 0.454 e. The molecule has 2 N–H and O–H groups in total. The zero-order valence-electron chi connectivity index (χ0n) is 8.72. The molecule has 4 heteroatoms. The van der Waals surface area contributed by atoms with E-state index in [1.54, 1.807) is 0 Å². The van der Waals surface area contributed by atoms with Gasteiger partial charge in [-0.05, 0) is 12.1 Å². The summed E-state index contributed by atoms with van der Waals surface area (Å²) < 4.78 is 7.19. The number of esters is 1. The fraction of sp³-hybridized carbons (Fsp3) is 0.250. The van der Waals surface area contributed by atoms with Gasteiger partial charge in [-0.15, -0.1) is 0 Å². The number of nitrogens with two attached hydrogens (primary N) is 1. The van der Waals surface area contributed by atoms with Crippen molar-refractivity contribution < 1.29 is 9.53 Å². The van der Waals surface area contributed by atoms with Gasteiger partial charge in [0.25, 0.3) is 0 Å². The van der Waals surface area contributed by atoms with Crippen LogP contribution in [0.15, 0.2) is 30.3 Å². The second-order valence-electron chi connectivity index (χ2n) is 3.96. The number of fused-ring (bicyclic) bond motifs is 3. The lowest BCUT2D eigenvalue weighted by atomic mass is 10.2. The summed E-state index contributed by atoms with van der Waals surface area (Å²) in [7, 11) is 0. The molecule has 0 saturated carbocycles. The second kappa shape index (κ2) is 3.35. The first-order valence-corrected chi connectivity index (χ1v) is 5.29. The number of benzene rings is 1. The molecule has 1 aromatic carbocycles. The highest BCUT2D eigenvalue weighted by atomic mass is 16.5. The molecular formula is C12H12N2O2. The number of hydrogen-bond acceptors (Lipinski definition) is 3. The molecular weight excluding hydrogens is 204 g/mol. The standard InChI is InChI=1S/C12H12N2O2/c13-6-9-7-14-10-4-2-1-3-8(10)5-11(14)12(15)16-9/h1-5,9H,6-7,13H2. The van der Waals surface area contributed by atoms with Crippen LogP contribution in [0, 0.1) is 0 Å². The number of nitrogens with zero attached hydrogens (tertiary/aromatic N) is 1. The number of aromatic nitrogens is 1. The van der Waals surface area contributed by atoms with Crippen LogP contribution in [0.5, 0.6) is 0 Å². The van der Waals surface area contributed by atoms with Crippen molar-refractivity contribution in [2.45, 2.75) is 12.6 Å². The van der Waals surface area contributed by atoms with Crippen LogP contribution < -0.4 is 5.73 Å². The van der Waals surface area contributed by atoms with Crippen LogP contribution in [-0.4, -0.2) is 23.2 Å². The highest BCUT2D eigenvalue weighted by molar-refractivity contribution is 5.96. The molecule has 0 fully saturated rings. The van der Waals surface area contributed by atoms with Crippen LogP contribution in [0.3, 0.4) is 0 Å². The molecule has 0 saturated heterocycles. The first-order valence-electron chi connectivity index (χ1n) is 5.29. The van der Waals surface area contributed by atoms with Crippen LogP contribution >= 0.6 is 0 Å². The average molecular weight is 216 g/mol. The maximum Gasteiger partial charge on any atom is 0.355 e. The Kier molecular flexibility index (Phi) is 1.97. The van der Waals surface area contributed by atoms with Gasteiger partial charge in [-0.25, -0.2) is 4.79 Å². The molecule has 0 aliphatic carbocycles. The summed E-state index contributed by atoms with van der Waals surface area (Å²) in [5.74, 6) is -0.280. The fourth-order valence-corrected chi connectivity index (χ4v) is 2.15. The predicted molar refractivity (Wildman–Crippen MR) is 60.2 cm³/mol. The molecule has 0 radical (unpaired) electrons. The van der Waals surface area contributed by atoms with E-state index in [4.69, 9.17) is 10.5 Å². The lowest BCUT2D eigenvalue weighted by molar-refractivity contribution is 0.0192. The Balaban J connectivity index is 2.22. The van der Waals surface area contributed by atoms with Gasteiger partial charge in [-0.3, -0.25) is 0 Å². The Hall–Kier alpha value is -1.81. The first kappa shape index (κ1) is 9.42. The first-order chi connectivity index (χ1) is 7.79. The molecule has 0 spiro atoms. The highest BCUT2D eigenvalue weighted by Crippen LogP contribution is 2.24. The van der Waals surface area contributed by atoms with Crippen LogP contribution in [0.25, 0.3) is 10.9 Å². The van der Waals surface area contributed by atoms with E-state index >= 15 is 0 Å². The quantitative estimate of drug-likeness (QED) is 0.727. The van der Waals surface area contributed by atoms with Gasteiger partial charge in [-0.2, -0.15) is 0 Å². The number of carbonyl (C=O) groups is 1. The van der Waals surface area contributed by atoms with Gasteiger partial charge in [0, 0.05) is 17.4 Å². The molecule has 0 amide bonds. The maximum atomic E-state index is 11.7. The van der Waals surface area contributed by atoms with E-state index in [1.165, 1.54) is 0 Å². The van der Waals surface area contributed by atoms with Gasteiger partial charge in [0.1, 0.15) is 11.8 Å². The number of rotatable bonds is 1. The van der Waals surface area contributed by atoms with Gasteiger partial charge >= 0.3 is 5.97 Å². The van der Waals surface area contributed by atoms with Crippen LogP contribution in [-0.2, 0) is 11.3 Å². The molecule has 2 aromatic rings. The van der Waals surface area contributed by atoms with Gasteiger partial charge in [0.2, 0.25) is 0 Å². The minimum absolute atomic E-state index is 0.212. The number of para-hydroxylation sites is 1. The van der Waals surface area contributed by atoms with Crippen LogP contribution in [0.4, 0.5) is 0 Å². The number of cyclic esters (lactones) is 1. The summed E-state index contributed by atoms with van der Waals surface area (Å²) in [6.07, 6.45) is -0.212. The Bertz CT molecular complexity index is 559. The number of hydrogen-bond donors (Lipinski definition) is 1. The van der Waals surface area contributed by atoms with Crippen molar-refractivity contribution in [1.29, 1.82) is 0 Å². The van der Waals surface area contributed by atoms with E-state index in [-0.39, 0.29) is 12.1 Å². The van der Waals surface area contributed by atoms with E-state index in [0.29, 0.717) is 18.8 Å². The molecule has 1 unspecified atom stereocenters. The van der Waals surface area contributed by atoms with Crippen molar-refractivity contribution in [2.24, 2.45) is 5.73 Å². The third-order valence-corrected chi connectivity index (χ3v) is 2.94. The second-order valence-corrected chi connectivity index (χ2v) is 3.96. The third kappa shape index (κ3) is 1.23. The Labute approximate surface area is 92.6 Å². The van der Waals surface area contributed by atoms with Crippen molar-refractivity contribution in [2.75, 3.05) is 6.54 Å².